The smallest absolute Gasteiger partial charge is 0.315 e. The van der Waals surface area contributed by atoms with Gasteiger partial charge in [-0.2, -0.15) is 0 Å². The number of amides is 2. The maximum absolute atomic E-state index is 12.7. The summed E-state index contributed by atoms with van der Waals surface area (Å²) in [5.74, 6) is 0.804. The average Bonchev–Trinajstić information content (AvgIpc) is 3.01. The summed E-state index contributed by atoms with van der Waals surface area (Å²) in [5.41, 5.74) is 4.19. The molecule has 0 saturated heterocycles. The van der Waals surface area contributed by atoms with Crippen LogP contribution in [0.5, 0.6) is 0 Å². The first-order valence-electron chi connectivity index (χ1n) is 9.60. The summed E-state index contributed by atoms with van der Waals surface area (Å²) in [4.78, 5) is 12.7. The number of rotatable bonds is 7. The molecule has 2 N–H and O–H groups in total. The lowest BCUT2D eigenvalue weighted by Crippen LogP contribution is -2.43. The summed E-state index contributed by atoms with van der Waals surface area (Å²) in [6.07, 6.45) is 1.42. The molecule has 0 aliphatic carbocycles. The minimum atomic E-state index is -0.177. The summed E-state index contributed by atoms with van der Waals surface area (Å²) in [7, 11) is 0. The Morgan fingerprint density at radius 3 is 2.21 bits per heavy atom. The zero-order valence-corrected chi connectivity index (χ0v) is 16.6. The van der Waals surface area contributed by atoms with E-state index >= 15 is 0 Å². The van der Waals surface area contributed by atoms with Gasteiger partial charge in [-0.1, -0.05) is 65.8 Å². The second-order valence-corrected chi connectivity index (χ2v) is 7.18. The third kappa shape index (κ3) is 5.22. The number of aromatic nitrogens is 1. The van der Waals surface area contributed by atoms with Crippen molar-refractivity contribution in [3.05, 3.63) is 88.8 Å². The minimum absolute atomic E-state index is 0.0371. The van der Waals surface area contributed by atoms with Crippen molar-refractivity contribution >= 4 is 6.03 Å². The minimum Gasteiger partial charge on any atom is -0.361 e. The van der Waals surface area contributed by atoms with Crippen LogP contribution in [0.1, 0.15) is 41.1 Å². The van der Waals surface area contributed by atoms with Gasteiger partial charge in [-0.05, 0) is 44.7 Å². The number of aryl methyl sites for hydroxylation is 2. The summed E-state index contributed by atoms with van der Waals surface area (Å²) in [6, 6.07) is 19.9. The zero-order chi connectivity index (χ0) is 19.9. The Kier molecular flexibility index (Phi) is 6.48. The van der Waals surface area contributed by atoms with Crippen LogP contribution in [-0.2, 0) is 12.8 Å². The monoisotopic (exact) mass is 377 g/mol. The fourth-order valence-electron chi connectivity index (χ4n) is 3.36. The molecule has 146 valence electrons. The van der Waals surface area contributed by atoms with Gasteiger partial charge in [0.2, 0.25) is 0 Å². The number of nitrogens with one attached hydrogen (secondary N) is 2. The third-order valence-corrected chi connectivity index (χ3v) is 4.86. The first kappa shape index (κ1) is 19.7. The molecule has 3 rings (SSSR count). The first-order chi connectivity index (χ1) is 13.5. The molecule has 5 nitrogen and oxygen atoms in total. The van der Waals surface area contributed by atoms with Crippen LogP contribution in [0.3, 0.4) is 0 Å². The fraction of sp³-hybridized carbons (Fsp3) is 0.304. The highest BCUT2D eigenvalue weighted by molar-refractivity contribution is 5.74. The molecule has 0 aliphatic heterocycles. The number of benzene rings is 2. The van der Waals surface area contributed by atoms with Crippen LogP contribution in [0.4, 0.5) is 4.79 Å². The van der Waals surface area contributed by atoms with E-state index in [1.54, 1.807) is 0 Å². The summed E-state index contributed by atoms with van der Waals surface area (Å²) < 4.78 is 5.21. The van der Waals surface area contributed by atoms with Gasteiger partial charge in [0, 0.05) is 11.6 Å². The molecule has 0 saturated carbocycles. The van der Waals surface area contributed by atoms with E-state index in [9.17, 15) is 4.79 Å². The van der Waals surface area contributed by atoms with Crippen LogP contribution in [0.15, 0.2) is 65.2 Å². The second kappa shape index (κ2) is 9.22. The standard InChI is InChI=1S/C23H27N3O2/c1-16(14-21-17(2)26-28-18(21)3)24-23(27)25-22(20-12-8-5-9-13-20)15-19-10-6-4-7-11-19/h4-13,16,22H,14-15H2,1-3H3,(H2,24,25,27)/t16-,22+/m0/s1. The predicted octanol–water partition coefficient (Wildman–Crippen LogP) is 4.51. The Labute approximate surface area is 166 Å². The highest BCUT2D eigenvalue weighted by Crippen LogP contribution is 2.19. The lowest BCUT2D eigenvalue weighted by molar-refractivity contribution is 0.233. The Balaban J connectivity index is 1.65. The van der Waals surface area contributed by atoms with Crippen molar-refractivity contribution < 1.29 is 9.32 Å². The van der Waals surface area contributed by atoms with Gasteiger partial charge >= 0.3 is 6.03 Å². The number of hydrogen-bond donors (Lipinski definition) is 2. The molecule has 0 fully saturated rings. The Hall–Kier alpha value is -3.08. The van der Waals surface area contributed by atoms with Crippen molar-refractivity contribution in [1.82, 2.24) is 15.8 Å². The first-order valence-corrected chi connectivity index (χ1v) is 9.60. The van der Waals surface area contributed by atoms with Gasteiger partial charge in [0.25, 0.3) is 0 Å². The van der Waals surface area contributed by atoms with Gasteiger partial charge < -0.3 is 15.2 Å². The molecule has 1 aromatic heterocycles. The van der Waals surface area contributed by atoms with Crippen LogP contribution >= 0.6 is 0 Å². The largest absolute Gasteiger partial charge is 0.361 e. The van der Waals surface area contributed by atoms with Crippen LogP contribution < -0.4 is 10.6 Å². The van der Waals surface area contributed by atoms with E-state index < -0.39 is 0 Å². The van der Waals surface area contributed by atoms with Crippen molar-refractivity contribution in [2.45, 2.75) is 45.7 Å². The normalized spacial score (nSPS) is 13.0. The van der Waals surface area contributed by atoms with E-state index in [0.717, 1.165) is 29.0 Å². The van der Waals surface area contributed by atoms with Crippen molar-refractivity contribution in [1.29, 1.82) is 0 Å². The van der Waals surface area contributed by atoms with Gasteiger partial charge in [0.1, 0.15) is 5.76 Å². The van der Waals surface area contributed by atoms with Crippen LogP contribution in [0.25, 0.3) is 0 Å². The van der Waals surface area contributed by atoms with Crippen molar-refractivity contribution in [2.75, 3.05) is 0 Å². The van der Waals surface area contributed by atoms with Crippen molar-refractivity contribution in [2.24, 2.45) is 0 Å². The molecule has 0 bridgehead atoms. The summed E-state index contributed by atoms with van der Waals surface area (Å²) in [5, 5.41) is 10.2. The molecule has 3 aromatic rings. The highest BCUT2D eigenvalue weighted by Gasteiger charge is 2.18. The van der Waals surface area contributed by atoms with Gasteiger partial charge in [-0.25, -0.2) is 4.79 Å². The van der Waals surface area contributed by atoms with Gasteiger partial charge in [0.05, 0.1) is 11.7 Å². The van der Waals surface area contributed by atoms with E-state index in [0.29, 0.717) is 6.42 Å². The molecule has 2 atom stereocenters. The maximum atomic E-state index is 12.7. The van der Waals surface area contributed by atoms with E-state index in [-0.39, 0.29) is 18.1 Å². The van der Waals surface area contributed by atoms with E-state index in [4.69, 9.17) is 4.52 Å². The predicted molar refractivity (Wildman–Crippen MR) is 110 cm³/mol. The van der Waals surface area contributed by atoms with Crippen molar-refractivity contribution in [3.63, 3.8) is 0 Å². The molecule has 28 heavy (non-hydrogen) atoms. The van der Waals surface area contributed by atoms with E-state index in [2.05, 4.69) is 27.9 Å². The van der Waals surface area contributed by atoms with Crippen LogP contribution in [0, 0.1) is 13.8 Å². The van der Waals surface area contributed by atoms with Gasteiger partial charge in [-0.3, -0.25) is 0 Å². The lowest BCUT2D eigenvalue weighted by Gasteiger charge is -2.22. The average molecular weight is 377 g/mol. The number of nitrogens with zero attached hydrogens (tertiary/aromatic N) is 1. The molecule has 0 spiro atoms. The molecule has 5 heteroatoms. The molecule has 1 heterocycles. The fourth-order valence-corrected chi connectivity index (χ4v) is 3.36. The molecule has 2 amide bonds. The Morgan fingerprint density at radius 1 is 0.964 bits per heavy atom. The van der Waals surface area contributed by atoms with E-state index in [1.165, 1.54) is 5.56 Å². The van der Waals surface area contributed by atoms with Crippen LogP contribution in [-0.4, -0.2) is 17.2 Å². The molecular weight excluding hydrogens is 350 g/mol. The van der Waals surface area contributed by atoms with Gasteiger partial charge in [-0.15, -0.1) is 0 Å². The van der Waals surface area contributed by atoms with Gasteiger partial charge in [0.15, 0.2) is 0 Å². The molecule has 0 radical (unpaired) electrons. The topological polar surface area (TPSA) is 67.2 Å². The zero-order valence-electron chi connectivity index (χ0n) is 16.6. The highest BCUT2D eigenvalue weighted by atomic mass is 16.5. The lowest BCUT2D eigenvalue weighted by atomic mass is 9.99. The quantitative estimate of drug-likeness (QED) is 0.637. The summed E-state index contributed by atoms with van der Waals surface area (Å²) in [6.45, 7) is 5.80. The number of urea groups is 1. The third-order valence-electron chi connectivity index (χ3n) is 4.86. The number of carbonyl (C=O) groups excluding carboxylic acids is 1. The van der Waals surface area contributed by atoms with Crippen LogP contribution in [0.2, 0.25) is 0 Å². The Morgan fingerprint density at radius 2 is 1.61 bits per heavy atom. The molecule has 0 aliphatic rings. The molecular formula is C23H27N3O2. The SMILES string of the molecule is Cc1noc(C)c1C[C@H](C)NC(=O)N[C@H](Cc1ccccc1)c1ccccc1. The number of hydrogen-bond acceptors (Lipinski definition) is 3. The number of carbonyl (C=O) groups is 1. The maximum Gasteiger partial charge on any atom is 0.315 e. The second-order valence-electron chi connectivity index (χ2n) is 7.18. The van der Waals surface area contributed by atoms with E-state index in [1.807, 2.05) is 69.3 Å². The molecule has 2 aromatic carbocycles. The van der Waals surface area contributed by atoms with Crippen molar-refractivity contribution in [3.8, 4) is 0 Å². The Bertz CT molecular complexity index is 871. The summed E-state index contributed by atoms with van der Waals surface area (Å²) >= 11 is 0. The molecule has 0 unspecified atom stereocenters.